The average Bonchev–Trinajstić information content (AvgIpc) is 2.42. The SMILES string of the molecule is NCc1ccc(Oc2ccc([N+](=O)[O-])cc2F)c(Br)c1. The highest BCUT2D eigenvalue weighted by Crippen LogP contribution is 2.32. The van der Waals surface area contributed by atoms with Crippen molar-refractivity contribution in [2.45, 2.75) is 6.54 Å². The number of hydrogen-bond donors (Lipinski definition) is 1. The number of rotatable bonds is 4. The highest BCUT2D eigenvalue weighted by molar-refractivity contribution is 9.10. The van der Waals surface area contributed by atoms with Crippen LogP contribution in [0.1, 0.15) is 5.56 Å². The van der Waals surface area contributed by atoms with E-state index in [2.05, 4.69) is 15.9 Å². The Bertz CT molecular complexity index is 664. The van der Waals surface area contributed by atoms with Crippen LogP contribution in [0.4, 0.5) is 10.1 Å². The van der Waals surface area contributed by atoms with Gasteiger partial charge in [-0.15, -0.1) is 0 Å². The first kappa shape index (κ1) is 14.4. The Hall–Kier alpha value is -1.99. The third kappa shape index (κ3) is 3.12. The lowest BCUT2D eigenvalue weighted by Crippen LogP contribution is -1.97. The smallest absolute Gasteiger partial charge is 0.272 e. The molecule has 5 nitrogen and oxygen atoms in total. The molecular formula is C13H10BrFN2O3. The van der Waals surface area contributed by atoms with Gasteiger partial charge in [0.1, 0.15) is 5.75 Å². The van der Waals surface area contributed by atoms with Crippen LogP contribution in [0.3, 0.4) is 0 Å². The molecule has 2 aromatic rings. The average molecular weight is 341 g/mol. The van der Waals surface area contributed by atoms with Crippen LogP contribution in [0.25, 0.3) is 0 Å². The molecule has 0 saturated carbocycles. The molecule has 0 radical (unpaired) electrons. The quantitative estimate of drug-likeness (QED) is 0.679. The second kappa shape index (κ2) is 5.98. The Balaban J connectivity index is 2.28. The lowest BCUT2D eigenvalue weighted by Gasteiger charge is -2.09. The molecule has 0 aliphatic carbocycles. The number of nitro benzene ring substituents is 1. The van der Waals surface area contributed by atoms with Gasteiger partial charge in [-0.2, -0.15) is 0 Å². The van der Waals surface area contributed by atoms with E-state index >= 15 is 0 Å². The Morgan fingerprint density at radius 1 is 1.25 bits per heavy atom. The maximum atomic E-state index is 13.7. The second-order valence-corrected chi connectivity index (χ2v) is 4.80. The molecule has 0 aromatic heterocycles. The molecule has 2 aromatic carbocycles. The third-order valence-corrected chi connectivity index (χ3v) is 3.20. The van der Waals surface area contributed by atoms with Crippen molar-refractivity contribution in [2.75, 3.05) is 0 Å². The molecule has 0 bridgehead atoms. The fourth-order valence-electron chi connectivity index (χ4n) is 1.56. The van der Waals surface area contributed by atoms with Crippen LogP contribution >= 0.6 is 15.9 Å². The topological polar surface area (TPSA) is 78.4 Å². The van der Waals surface area contributed by atoms with Crippen LogP contribution in [-0.4, -0.2) is 4.92 Å². The summed E-state index contributed by atoms with van der Waals surface area (Å²) in [6, 6.07) is 8.38. The molecule has 2 rings (SSSR count). The number of halogens is 2. The zero-order valence-corrected chi connectivity index (χ0v) is 11.8. The first-order valence-corrected chi connectivity index (χ1v) is 6.41. The second-order valence-electron chi connectivity index (χ2n) is 3.94. The van der Waals surface area contributed by atoms with Crippen LogP contribution in [0.5, 0.6) is 11.5 Å². The summed E-state index contributed by atoms with van der Waals surface area (Å²) in [5.74, 6) is -0.485. The summed E-state index contributed by atoms with van der Waals surface area (Å²) in [7, 11) is 0. The number of benzene rings is 2. The van der Waals surface area contributed by atoms with Gasteiger partial charge in [-0.3, -0.25) is 10.1 Å². The molecule has 0 saturated heterocycles. The van der Waals surface area contributed by atoms with Gasteiger partial charge in [-0.25, -0.2) is 4.39 Å². The molecule has 0 spiro atoms. The minimum atomic E-state index is -0.797. The van der Waals surface area contributed by atoms with Gasteiger partial charge in [-0.05, 0) is 39.7 Å². The van der Waals surface area contributed by atoms with E-state index in [0.29, 0.717) is 16.8 Å². The highest BCUT2D eigenvalue weighted by atomic mass is 79.9. The van der Waals surface area contributed by atoms with Crippen LogP contribution in [0.15, 0.2) is 40.9 Å². The summed E-state index contributed by atoms with van der Waals surface area (Å²) in [6.45, 7) is 0.380. The summed E-state index contributed by atoms with van der Waals surface area (Å²) in [4.78, 5) is 9.86. The van der Waals surface area contributed by atoms with E-state index in [1.54, 1.807) is 18.2 Å². The molecule has 7 heteroatoms. The van der Waals surface area contributed by atoms with Crippen LogP contribution < -0.4 is 10.5 Å². The van der Waals surface area contributed by atoms with E-state index in [4.69, 9.17) is 10.5 Å². The zero-order chi connectivity index (χ0) is 14.7. The maximum absolute atomic E-state index is 13.7. The lowest BCUT2D eigenvalue weighted by molar-refractivity contribution is -0.385. The molecule has 0 heterocycles. The molecule has 0 atom stereocenters. The molecule has 0 aliphatic rings. The summed E-state index contributed by atoms with van der Waals surface area (Å²) in [5.41, 5.74) is 6.08. The lowest BCUT2D eigenvalue weighted by atomic mass is 10.2. The van der Waals surface area contributed by atoms with Crippen molar-refractivity contribution in [3.05, 3.63) is 62.4 Å². The minimum absolute atomic E-state index is 0.0863. The van der Waals surface area contributed by atoms with Gasteiger partial charge in [-0.1, -0.05) is 6.07 Å². The molecule has 104 valence electrons. The number of nitrogens with zero attached hydrogens (tertiary/aromatic N) is 1. The third-order valence-electron chi connectivity index (χ3n) is 2.58. The van der Waals surface area contributed by atoms with E-state index in [1.807, 2.05) is 0 Å². The molecule has 0 unspecified atom stereocenters. The van der Waals surface area contributed by atoms with Gasteiger partial charge in [0, 0.05) is 12.6 Å². The van der Waals surface area contributed by atoms with Gasteiger partial charge in [0.2, 0.25) is 0 Å². The monoisotopic (exact) mass is 340 g/mol. The largest absolute Gasteiger partial charge is 0.453 e. The molecule has 0 fully saturated rings. The molecule has 0 aliphatic heterocycles. The molecule has 20 heavy (non-hydrogen) atoms. The number of nitrogens with two attached hydrogens (primary N) is 1. The summed E-state index contributed by atoms with van der Waals surface area (Å²) in [5, 5.41) is 10.5. The molecule has 0 amide bonds. The van der Waals surface area contributed by atoms with Gasteiger partial charge >= 0.3 is 0 Å². The molecule has 2 N–H and O–H groups in total. The van der Waals surface area contributed by atoms with E-state index < -0.39 is 10.7 Å². The van der Waals surface area contributed by atoms with Crippen LogP contribution in [0.2, 0.25) is 0 Å². The highest BCUT2D eigenvalue weighted by Gasteiger charge is 2.13. The van der Waals surface area contributed by atoms with E-state index in [9.17, 15) is 14.5 Å². The fourth-order valence-corrected chi connectivity index (χ4v) is 2.07. The Morgan fingerprint density at radius 2 is 1.95 bits per heavy atom. The first-order chi connectivity index (χ1) is 9.51. The summed E-state index contributed by atoms with van der Waals surface area (Å²) in [6.07, 6.45) is 0. The maximum Gasteiger partial charge on any atom is 0.272 e. The van der Waals surface area contributed by atoms with Crippen molar-refractivity contribution in [1.82, 2.24) is 0 Å². The van der Waals surface area contributed by atoms with Crippen molar-refractivity contribution in [3.63, 3.8) is 0 Å². The normalized spacial score (nSPS) is 10.3. The number of nitro groups is 1. The first-order valence-electron chi connectivity index (χ1n) is 5.61. The van der Waals surface area contributed by atoms with E-state index in [1.165, 1.54) is 12.1 Å². The minimum Gasteiger partial charge on any atom is -0.453 e. The Morgan fingerprint density at radius 3 is 2.50 bits per heavy atom. The Labute approximate surface area is 122 Å². The van der Waals surface area contributed by atoms with Crippen molar-refractivity contribution < 1.29 is 14.1 Å². The van der Waals surface area contributed by atoms with Crippen LogP contribution in [0, 0.1) is 15.9 Å². The van der Waals surface area contributed by atoms with E-state index in [0.717, 1.165) is 11.6 Å². The van der Waals surface area contributed by atoms with Gasteiger partial charge < -0.3 is 10.5 Å². The summed E-state index contributed by atoms with van der Waals surface area (Å²) < 4.78 is 19.7. The standard InChI is InChI=1S/C13H10BrFN2O3/c14-10-5-8(7-16)1-3-12(10)20-13-4-2-9(17(18)19)6-11(13)15/h1-6H,7,16H2. The summed E-state index contributed by atoms with van der Waals surface area (Å²) >= 11 is 3.30. The van der Waals surface area contributed by atoms with Gasteiger partial charge in [0.15, 0.2) is 11.6 Å². The van der Waals surface area contributed by atoms with E-state index in [-0.39, 0.29) is 11.4 Å². The number of non-ortho nitro benzene ring substituents is 1. The van der Waals surface area contributed by atoms with Crippen LogP contribution in [-0.2, 0) is 6.54 Å². The fraction of sp³-hybridized carbons (Fsp3) is 0.0769. The predicted octanol–water partition coefficient (Wildman–Crippen LogP) is 3.75. The van der Waals surface area contributed by atoms with Crippen molar-refractivity contribution in [2.24, 2.45) is 5.73 Å². The molecular weight excluding hydrogens is 331 g/mol. The van der Waals surface area contributed by atoms with Crippen molar-refractivity contribution in [3.8, 4) is 11.5 Å². The van der Waals surface area contributed by atoms with Gasteiger partial charge in [0.05, 0.1) is 15.5 Å². The Kier molecular flexibility index (Phi) is 4.31. The van der Waals surface area contributed by atoms with Gasteiger partial charge in [0.25, 0.3) is 5.69 Å². The van der Waals surface area contributed by atoms with Crippen molar-refractivity contribution in [1.29, 1.82) is 0 Å². The number of hydrogen-bond acceptors (Lipinski definition) is 4. The zero-order valence-electron chi connectivity index (χ0n) is 10.2. The predicted molar refractivity (Wildman–Crippen MR) is 75.2 cm³/mol. The van der Waals surface area contributed by atoms with Crippen molar-refractivity contribution >= 4 is 21.6 Å². The number of ether oxygens (including phenoxy) is 1.